The average Bonchev–Trinajstić information content (AvgIpc) is 1.21. The fourth-order valence-corrected chi connectivity index (χ4v) is 0.502. The van der Waals surface area contributed by atoms with E-state index in [0.717, 1.165) is 6.92 Å². The van der Waals surface area contributed by atoms with E-state index < -0.39 is 13.8 Å². The van der Waals surface area contributed by atoms with Crippen LogP contribution in [0.1, 0.15) is 6.92 Å². The van der Waals surface area contributed by atoms with Crippen molar-refractivity contribution < 1.29 is 23.7 Å². The van der Waals surface area contributed by atoms with Crippen LogP contribution in [0, 0.1) is 0 Å². The Hall–Kier alpha value is -0.0900. The minimum atomic E-state index is -4.57. The van der Waals surface area contributed by atoms with Crippen molar-refractivity contribution in [2.45, 2.75) is 6.92 Å². The molecule has 0 heterocycles. The monoisotopic (exact) mass is 176 g/mol. The van der Waals surface area contributed by atoms with Gasteiger partial charge in [0.25, 0.3) is 0 Å². The van der Waals surface area contributed by atoms with Crippen LogP contribution in [0.3, 0.4) is 0 Å². The molecule has 0 saturated heterocycles. The highest BCUT2D eigenvalue weighted by Crippen LogP contribution is 2.35. The van der Waals surface area contributed by atoms with E-state index in [1.165, 1.54) is 0 Å². The van der Waals surface area contributed by atoms with E-state index in [1.54, 1.807) is 0 Å². The Labute approximate surface area is 57.7 Å². The molecule has 0 fully saturated rings. The van der Waals surface area contributed by atoms with Gasteiger partial charge in [0.15, 0.2) is 0 Å². The van der Waals surface area contributed by atoms with E-state index in [0.29, 0.717) is 0 Å². The van der Waals surface area contributed by atoms with Gasteiger partial charge in [-0.1, -0.05) is 0 Å². The molecule has 56 valence electrons. The zero-order chi connectivity index (χ0) is 6.78. The Kier molecular flexibility index (Phi) is 4.99. The maximum atomic E-state index is 9.74. The minimum absolute atomic E-state index is 0. The van der Waals surface area contributed by atoms with Crippen molar-refractivity contribution in [3.05, 3.63) is 0 Å². The summed E-state index contributed by atoms with van der Waals surface area (Å²) in [6.07, 6.45) is 0. The second-order valence-electron chi connectivity index (χ2n) is 1.07. The van der Waals surface area contributed by atoms with Gasteiger partial charge in [0.2, 0.25) is 0 Å². The van der Waals surface area contributed by atoms with Crippen LogP contribution >= 0.6 is 20.2 Å². The molecule has 0 aliphatic rings. The Balaban J connectivity index is 0. The summed E-state index contributed by atoms with van der Waals surface area (Å²) < 4.78 is 13.2. The SMILES string of the molecule is CC(=O)OP(=O)(O)O.Cl. The number of carbonyl (C=O) groups excluding carboxylic acids is 1. The summed E-state index contributed by atoms with van der Waals surface area (Å²) >= 11 is 0. The first-order valence-electron chi connectivity index (χ1n) is 1.67. The van der Waals surface area contributed by atoms with Crippen LogP contribution in [-0.2, 0) is 13.9 Å². The largest absolute Gasteiger partial charge is 0.526 e. The summed E-state index contributed by atoms with van der Waals surface area (Å²) in [6, 6.07) is 0. The Morgan fingerprint density at radius 3 is 1.89 bits per heavy atom. The van der Waals surface area contributed by atoms with Crippen LogP contribution in [0.25, 0.3) is 0 Å². The number of hydrogen-bond acceptors (Lipinski definition) is 3. The van der Waals surface area contributed by atoms with Crippen molar-refractivity contribution in [3.63, 3.8) is 0 Å². The fourth-order valence-electron chi connectivity index (χ4n) is 0.167. The van der Waals surface area contributed by atoms with Crippen LogP contribution in [0.2, 0.25) is 0 Å². The van der Waals surface area contributed by atoms with Crippen molar-refractivity contribution in [3.8, 4) is 0 Å². The van der Waals surface area contributed by atoms with Crippen molar-refractivity contribution >= 4 is 26.2 Å². The molecule has 0 unspecified atom stereocenters. The van der Waals surface area contributed by atoms with E-state index >= 15 is 0 Å². The molecule has 0 atom stereocenters. The summed E-state index contributed by atoms with van der Waals surface area (Å²) in [4.78, 5) is 25.5. The molecule has 0 aromatic rings. The third-order valence-corrected chi connectivity index (χ3v) is 0.742. The van der Waals surface area contributed by atoms with Gasteiger partial charge < -0.3 is 4.52 Å². The van der Waals surface area contributed by atoms with E-state index in [1.807, 2.05) is 0 Å². The maximum Gasteiger partial charge on any atom is 0.526 e. The fraction of sp³-hybridized carbons (Fsp3) is 0.500. The van der Waals surface area contributed by atoms with Gasteiger partial charge in [0, 0.05) is 6.92 Å². The molecule has 5 nitrogen and oxygen atoms in total. The summed E-state index contributed by atoms with van der Waals surface area (Å²) in [5, 5.41) is 0. The lowest BCUT2D eigenvalue weighted by molar-refractivity contribution is -0.133. The van der Waals surface area contributed by atoms with Gasteiger partial charge >= 0.3 is 13.8 Å². The predicted molar refractivity (Wildman–Crippen MR) is 31.1 cm³/mol. The summed E-state index contributed by atoms with van der Waals surface area (Å²) in [5.74, 6) is -0.988. The molecule has 7 heteroatoms. The maximum absolute atomic E-state index is 9.74. The first-order chi connectivity index (χ1) is 3.42. The lowest BCUT2D eigenvalue weighted by atomic mass is 10.9. The van der Waals surface area contributed by atoms with Crippen LogP contribution < -0.4 is 0 Å². The van der Waals surface area contributed by atoms with Crippen LogP contribution in [-0.4, -0.2) is 15.8 Å². The molecule has 0 spiro atoms. The summed E-state index contributed by atoms with van der Waals surface area (Å²) in [6.45, 7) is 0.916. The molecule has 2 N–H and O–H groups in total. The number of phosphoric ester groups is 1. The normalized spacial score (nSPS) is 9.67. The zero-order valence-corrected chi connectivity index (χ0v) is 6.19. The van der Waals surface area contributed by atoms with Gasteiger partial charge in [0.05, 0.1) is 0 Å². The molecule has 0 rings (SSSR count). The van der Waals surface area contributed by atoms with Crippen molar-refractivity contribution in [2.24, 2.45) is 0 Å². The van der Waals surface area contributed by atoms with Crippen molar-refractivity contribution in [2.75, 3.05) is 0 Å². The highest BCUT2D eigenvalue weighted by molar-refractivity contribution is 7.46. The van der Waals surface area contributed by atoms with Crippen LogP contribution in [0.4, 0.5) is 0 Å². The first kappa shape index (κ1) is 11.7. The van der Waals surface area contributed by atoms with E-state index in [9.17, 15) is 9.36 Å². The second-order valence-corrected chi connectivity index (χ2v) is 2.24. The Morgan fingerprint density at radius 2 is 1.89 bits per heavy atom. The molecule has 0 aliphatic carbocycles. The van der Waals surface area contributed by atoms with Gasteiger partial charge in [-0.2, -0.15) is 0 Å². The summed E-state index contributed by atoms with van der Waals surface area (Å²) in [7, 11) is -4.57. The lowest BCUT2D eigenvalue weighted by Gasteiger charge is -1.98. The highest BCUT2D eigenvalue weighted by Gasteiger charge is 2.16. The molecular formula is C2H6ClO5P. The van der Waals surface area contributed by atoms with E-state index in [4.69, 9.17) is 9.79 Å². The van der Waals surface area contributed by atoms with Gasteiger partial charge in [-0.15, -0.1) is 12.4 Å². The zero-order valence-electron chi connectivity index (χ0n) is 4.47. The van der Waals surface area contributed by atoms with Crippen LogP contribution in [0.5, 0.6) is 0 Å². The third kappa shape index (κ3) is 11.5. The molecular weight excluding hydrogens is 170 g/mol. The Morgan fingerprint density at radius 1 is 1.56 bits per heavy atom. The molecule has 9 heavy (non-hydrogen) atoms. The summed E-state index contributed by atoms with van der Waals surface area (Å²) in [5.41, 5.74) is 0. The second kappa shape index (κ2) is 3.85. The topological polar surface area (TPSA) is 83.8 Å². The molecule has 0 aromatic carbocycles. The van der Waals surface area contributed by atoms with Gasteiger partial charge in [-0.05, 0) is 0 Å². The molecule has 0 amide bonds. The smallest absolute Gasteiger partial charge is 0.371 e. The highest BCUT2D eigenvalue weighted by atomic mass is 35.5. The molecule has 0 aromatic heterocycles. The molecule has 0 radical (unpaired) electrons. The van der Waals surface area contributed by atoms with E-state index in [2.05, 4.69) is 4.52 Å². The predicted octanol–water partition coefficient (Wildman–Crippen LogP) is 0.0640. The van der Waals surface area contributed by atoms with Gasteiger partial charge in [-0.3, -0.25) is 14.6 Å². The molecule has 0 bridgehead atoms. The minimum Gasteiger partial charge on any atom is -0.371 e. The number of phosphoric acid groups is 1. The number of halogens is 1. The Bertz CT molecular complexity index is 138. The first-order valence-corrected chi connectivity index (χ1v) is 3.20. The van der Waals surface area contributed by atoms with Crippen LogP contribution in [0.15, 0.2) is 0 Å². The van der Waals surface area contributed by atoms with Gasteiger partial charge in [0.1, 0.15) is 0 Å². The quantitative estimate of drug-likeness (QED) is 0.552. The standard InChI is InChI=1S/C2H5O5P.ClH/c1-2(3)7-8(4,5)6;/h1H3,(H2,4,5,6);1H. The number of carbonyl (C=O) groups is 1. The lowest BCUT2D eigenvalue weighted by Crippen LogP contribution is -1.94. The van der Waals surface area contributed by atoms with E-state index in [-0.39, 0.29) is 12.4 Å². The molecule has 0 saturated carbocycles. The molecule has 0 aliphatic heterocycles. The number of rotatable bonds is 1. The van der Waals surface area contributed by atoms with Crippen molar-refractivity contribution in [1.82, 2.24) is 0 Å². The van der Waals surface area contributed by atoms with Crippen molar-refractivity contribution in [1.29, 1.82) is 0 Å². The number of hydrogen-bond donors (Lipinski definition) is 2. The van der Waals surface area contributed by atoms with Gasteiger partial charge in [-0.25, -0.2) is 4.57 Å². The third-order valence-electron chi connectivity index (χ3n) is 0.247. The average molecular weight is 176 g/mol.